The number of hydrogen-bond donors (Lipinski definition) is 2. The van der Waals surface area contributed by atoms with Gasteiger partial charge in [-0.15, -0.1) is 0 Å². The van der Waals surface area contributed by atoms with Crippen LogP contribution >= 0.6 is 15.9 Å². The molecule has 1 fully saturated rings. The van der Waals surface area contributed by atoms with Crippen molar-refractivity contribution in [3.05, 3.63) is 28.2 Å². The normalized spacial score (nSPS) is 18.6. The van der Waals surface area contributed by atoms with Gasteiger partial charge < -0.3 is 15.2 Å². The predicted octanol–water partition coefficient (Wildman–Crippen LogP) is 1.40. The van der Waals surface area contributed by atoms with Crippen molar-refractivity contribution in [1.82, 2.24) is 10.2 Å². The zero-order chi connectivity index (χ0) is 13.0. The first-order chi connectivity index (χ1) is 8.76. The Morgan fingerprint density at radius 2 is 2.17 bits per heavy atom. The van der Waals surface area contributed by atoms with Crippen molar-refractivity contribution in [2.45, 2.75) is 6.04 Å². The molecule has 0 aromatic heterocycles. The van der Waals surface area contributed by atoms with E-state index in [1.54, 1.807) is 7.11 Å². The number of halogens is 1. The third kappa shape index (κ3) is 3.03. The SMILES string of the molecule is COc1cc(Br)ccc1[C@H](CO)N1CCNCC1. The fourth-order valence-electron chi connectivity index (χ4n) is 2.36. The minimum atomic E-state index is 0.00940. The highest BCUT2D eigenvalue weighted by molar-refractivity contribution is 9.10. The van der Waals surface area contributed by atoms with E-state index in [1.807, 2.05) is 18.2 Å². The summed E-state index contributed by atoms with van der Waals surface area (Å²) < 4.78 is 6.40. The number of methoxy groups -OCH3 is 1. The highest BCUT2D eigenvalue weighted by Crippen LogP contribution is 2.31. The van der Waals surface area contributed by atoms with Crippen LogP contribution in [0.2, 0.25) is 0 Å². The summed E-state index contributed by atoms with van der Waals surface area (Å²) in [4.78, 5) is 2.29. The summed E-state index contributed by atoms with van der Waals surface area (Å²) in [5.41, 5.74) is 1.05. The number of rotatable bonds is 4. The molecule has 1 saturated heterocycles. The molecular formula is C13H19BrN2O2. The Kier molecular flexibility index (Phi) is 5.00. The predicted molar refractivity (Wildman–Crippen MR) is 75.0 cm³/mol. The molecule has 0 radical (unpaired) electrons. The Balaban J connectivity index is 2.25. The van der Waals surface area contributed by atoms with Gasteiger partial charge in [0.2, 0.25) is 0 Å². The van der Waals surface area contributed by atoms with Crippen molar-refractivity contribution < 1.29 is 9.84 Å². The first-order valence-electron chi connectivity index (χ1n) is 6.15. The van der Waals surface area contributed by atoms with Crippen molar-refractivity contribution in [3.63, 3.8) is 0 Å². The molecule has 1 aliphatic heterocycles. The zero-order valence-corrected chi connectivity index (χ0v) is 12.1. The average Bonchev–Trinajstić information content (AvgIpc) is 2.42. The molecule has 5 heteroatoms. The van der Waals surface area contributed by atoms with Gasteiger partial charge in [-0.05, 0) is 12.1 Å². The Hall–Kier alpha value is -0.620. The van der Waals surface area contributed by atoms with Crippen molar-refractivity contribution >= 4 is 15.9 Å². The maximum absolute atomic E-state index is 9.69. The second-order valence-corrected chi connectivity index (χ2v) is 5.29. The first-order valence-corrected chi connectivity index (χ1v) is 6.94. The van der Waals surface area contributed by atoms with Crippen LogP contribution in [0.5, 0.6) is 5.75 Å². The summed E-state index contributed by atoms with van der Waals surface area (Å²) in [6, 6.07) is 5.96. The number of benzene rings is 1. The molecule has 0 amide bonds. The van der Waals surface area contributed by atoms with Gasteiger partial charge in [0, 0.05) is 36.2 Å². The van der Waals surface area contributed by atoms with E-state index in [-0.39, 0.29) is 12.6 Å². The molecule has 100 valence electrons. The molecule has 1 aliphatic rings. The minimum Gasteiger partial charge on any atom is -0.496 e. The number of nitrogens with one attached hydrogen (secondary N) is 1. The average molecular weight is 315 g/mol. The van der Waals surface area contributed by atoms with Gasteiger partial charge in [0.05, 0.1) is 19.8 Å². The monoisotopic (exact) mass is 314 g/mol. The lowest BCUT2D eigenvalue weighted by Crippen LogP contribution is -2.46. The lowest BCUT2D eigenvalue weighted by molar-refractivity contribution is 0.109. The molecule has 4 nitrogen and oxygen atoms in total. The van der Waals surface area contributed by atoms with Crippen LogP contribution in [0.3, 0.4) is 0 Å². The van der Waals surface area contributed by atoms with Gasteiger partial charge in [-0.2, -0.15) is 0 Å². The van der Waals surface area contributed by atoms with Gasteiger partial charge in [-0.25, -0.2) is 0 Å². The van der Waals surface area contributed by atoms with Gasteiger partial charge in [-0.1, -0.05) is 22.0 Å². The quantitative estimate of drug-likeness (QED) is 0.881. The Morgan fingerprint density at radius 1 is 1.44 bits per heavy atom. The number of piperazine rings is 1. The van der Waals surface area contributed by atoms with E-state index in [4.69, 9.17) is 4.74 Å². The third-order valence-electron chi connectivity index (χ3n) is 3.32. The first kappa shape index (κ1) is 13.8. The van der Waals surface area contributed by atoms with Gasteiger partial charge in [0.1, 0.15) is 5.75 Å². The van der Waals surface area contributed by atoms with Crippen molar-refractivity contribution in [2.75, 3.05) is 39.9 Å². The summed E-state index contributed by atoms with van der Waals surface area (Å²) in [5.74, 6) is 0.821. The fourth-order valence-corrected chi connectivity index (χ4v) is 2.70. The number of hydrogen-bond acceptors (Lipinski definition) is 4. The molecule has 1 atom stereocenters. The molecule has 0 spiro atoms. The van der Waals surface area contributed by atoms with Crippen LogP contribution in [-0.4, -0.2) is 49.9 Å². The van der Waals surface area contributed by atoms with E-state index >= 15 is 0 Å². The summed E-state index contributed by atoms with van der Waals surface area (Å²) >= 11 is 3.44. The fraction of sp³-hybridized carbons (Fsp3) is 0.538. The van der Waals surface area contributed by atoms with Crippen molar-refractivity contribution in [2.24, 2.45) is 0 Å². The van der Waals surface area contributed by atoms with Gasteiger partial charge in [0.15, 0.2) is 0 Å². The van der Waals surface area contributed by atoms with Gasteiger partial charge in [-0.3, -0.25) is 4.90 Å². The lowest BCUT2D eigenvalue weighted by Gasteiger charge is -2.34. The number of aliphatic hydroxyl groups is 1. The Labute approximate surface area is 116 Å². The van der Waals surface area contributed by atoms with Crippen molar-refractivity contribution in [3.8, 4) is 5.75 Å². The maximum atomic E-state index is 9.69. The second-order valence-electron chi connectivity index (χ2n) is 4.37. The van der Waals surface area contributed by atoms with E-state index < -0.39 is 0 Å². The summed E-state index contributed by atoms with van der Waals surface area (Å²) in [7, 11) is 1.66. The molecule has 0 unspecified atom stereocenters. The van der Waals surface area contributed by atoms with Crippen LogP contribution in [-0.2, 0) is 0 Å². The van der Waals surface area contributed by atoms with Crippen LogP contribution < -0.4 is 10.1 Å². The van der Waals surface area contributed by atoms with E-state index in [0.29, 0.717) is 0 Å². The zero-order valence-electron chi connectivity index (χ0n) is 10.5. The van der Waals surface area contributed by atoms with E-state index in [1.165, 1.54) is 0 Å². The molecule has 1 aromatic carbocycles. The Morgan fingerprint density at radius 3 is 2.78 bits per heavy atom. The molecule has 18 heavy (non-hydrogen) atoms. The van der Waals surface area contributed by atoms with E-state index in [9.17, 15) is 5.11 Å². The van der Waals surface area contributed by atoms with Crippen LogP contribution in [0, 0.1) is 0 Å². The van der Waals surface area contributed by atoms with Crippen LogP contribution in [0.1, 0.15) is 11.6 Å². The van der Waals surface area contributed by atoms with Crippen molar-refractivity contribution in [1.29, 1.82) is 0 Å². The molecule has 2 rings (SSSR count). The number of ether oxygens (including phenoxy) is 1. The highest BCUT2D eigenvalue weighted by atomic mass is 79.9. The van der Waals surface area contributed by atoms with Crippen LogP contribution in [0.15, 0.2) is 22.7 Å². The summed E-state index contributed by atoms with van der Waals surface area (Å²) in [5, 5.41) is 13.0. The van der Waals surface area contributed by atoms with E-state index in [2.05, 4.69) is 26.1 Å². The second kappa shape index (κ2) is 6.52. The van der Waals surface area contributed by atoms with Crippen LogP contribution in [0.25, 0.3) is 0 Å². The number of nitrogens with zero attached hydrogens (tertiary/aromatic N) is 1. The third-order valence-corrected chi connectivity index (χ3v) is 3.81. The highest BCUT2D eigenvalue weighted by Gasteiger charge is 2.24. The Bertz CT molecular complexity index is 395. The molecule has 0 bridgehead atoms. The summed E-state index contributed by atoms with van der Waals surface area (Å²) in [6.45, 7) is 3.94. The van der Waals surface area contributed by atoms with Gasteiger partial charge in [0.25, 0.3) is 0 Å². The lowest BCUT2D eigenvalue weighted by atomic mass is 10.0. The molecule has 0 aliphatic carbocycles. The number of aliphatic hydroxyl groups excluding tert-OH is 1. The molecule has 1 aromatic rings. The standard InChI is InChI=1S/C13H19BrN2O2/c1-18-13-8-10(14)2-3-11(13)12(9-17)16-6-4-15-5-7-16/h2-3,8,12,15,17H,4-7,9H2,1H3/t12-/m0/s1. The molecule has 2 N–H and O–H groups in total. The molecular weight excluding hydrogens is 296 g/mol. The molecule has 0 saturated carbocycles. The topological polar surface area (TPSA) is 44.7 Å². The largest absolute Gasteiger partial charge is 0.496 e. The summed E-state index contributed by atoms with van der Waals surface area (Å²) in [6.07, 6.45) is 0. The maximum Gasteiger partial charge on any atom is 0.124 e. The van der Waals surface area contributed by atoms with Crippen LogP contribution in [0.4, 0.5) is 0 Å². The molecule has 1 heterocycles. The minimum absolute atomic E-state index is 0.00940. The van der Waals surface area contributed by atoms with Gasteiger partial charge >= 0.3 is 0 Å². The van der Waals surface area contributed by atoms with E-state index in [0.717, 1.165) is 42.0 Å². The smallest absolute Gasteiger partial charge is 0.124 e.